The topological polar surface area (TPSA) is 32.3 Å². The summed E-state index contributed by atoms with van der Waals surface area (Å²) in [5.41, 5.74) is -0.694. The Kier molecular flexibility index (Phi) is 4.01. The van der Waals surface area contributed by atoms with E-state index in [1.807, 2.05) is 0 Å². The van der Waals surface area contributed by atoms with E-state index >= 15 is 0 Å². The summed E-state index contributed by atoms with van der Waals surface area (Å²) in [6.45, 7) is 1.60. The van der Waals surface area contributed by atoms with E-state index < -0.39 is 17.2 Å². The predicted molar refractivity (Wildman–Crippen MR) is 64.1 cm³/mol. The van der Waals surface area contributed by atoms with Crippen molar-refractivity contribution >= 4 is 11.8 Å². The van der Waals surface area contributed by atoms with Crippen molar-refractivity contribution in [2.45, 2.75) is 23.3 Å². The molecular formula is C12H15F2NOS. The lowest BCUT2D eigenvalue weighted by atomic mass is 9.95. The molecule has 1 fully saturated rings. The first-order chi connectivity index (χ1) is 8.09. The Morgan fingerprint density at radius 2 is 1.94 bits per heavy atom. The van der Waals surface area contributed by atoms with Gasteiger partial charge in [-0.05, 0) is 44.1 Å². The maximum atomic E-state index is 13.0. The monoisotopic (exact) mass is 259 g/mol. The van der Waals surface area contributed by atoms with Crippen LogP contribution in [0, 0.1) is 11.6 Å². The molecule has 2 N–H and O–H groups in total. The van der Waals surface area contributed by atoms with Gasteiger partial charge in [0, 0.05) is 10.6 Å². The molecule has 2 nitrogen and oxygen atoms in total. The van der Waals surface area contributed by atoms with Crippen molar-refractivity contribution < 1.29 is 13.9 Å². The van der Waals surface area contributed by atoms with Gasteiger partial charge in [-0.25, -0.2) is 8.78 Å². The summed E-state index contributed by atoms with van der Waals surface area (Å²) >= 11 is 1.36. The van der Waals surface area contributed by atoms with E-state index in [0.717, 1.165) is 19.2 Å². The standard InChI is InChI=1S/C12H15F2NOS/c13-10-2-1-9(7-11(10)14)17-8-12(16)3-5-15-6-4-12/h1-2,7,15-16H,3-6,8H2. The van der Waals surface area contributed by atoms with Gasteiger partial charge in [-0.15, -0.1) is 11.8 Å². The highest BCUT2D eigenvalue weighted by molar-refractivity contribution is 7.99. The summed E-state index contributed by atoms with van der Waals surface area (Å²) < 4.78 is 25.7. The fourth-order valence-corrected chi connectivity index (χ4v) is 2.90. The number of rotatable bonds is 3. The van der Waals surface area contributed by atoms with E-state index in [9.17, 15) is 13.9 Å². The van der Waals surface area contributed by atoms with Crippen LogP contribution in [0.4, 0.5) is 8.78 Å². The molecule has 0 saturated carbocycles. The molecule has 5 heteroatoms. The van der Waals surface area contributed by atoms with E-state index in [2.05, 4.69) is 5.32 Å². The molecule has 0 unspecified atom stereocenters. The zero-order valence-corrected chi connectivity index (χ0v) is 10.2. The second kappa shape index (κ2) is 5.33. The molecule has 0 aromatic heterocycles. The van der Waals surface area contributed by atoms with Crippen molar-refractivity contribution in [3.63, 3.8) is 0 Å². The molecule has 1 heterocycles. The number of hydrogen-bond donors (Lipinski definition) is 2. The Hall–Kier alpha value is -0.650. The van der Waals surface area contributed by atoms with E-state index in [1.54, 1.807) is 0 Å². The zero-order chi connectivity index (χ0) is 12.3. The third-order valence-corrected chi connectivity index (χ3v) is 4.20. The van der Waals surface area contributed by atoms with Gasteiger partial charge in [-0.2, -0.15) is 0 Å². The maximum absolute atomic E-state index is 13.0. The van der Waals surface area contributed by atoms with Crippen LogP contribution >= 0.6 is 11.8 Å². The first-order valence-corrected chi connectivity index (χ1v) is 6.59. The van der Waals surface area contributed by atoms with Crippen LogP contribution in [0.1, 0.15) is 12.8 Å². The maximum Gasteiger partial charge on any atom is 0.159 e. The van der Waals surface area contributed by atoms with E-state index in [0.29, 0.717) is 23.5 Å². The lowest BCUT2D eigenvalue weighted by molar-refractivity contribution is 0.0339. The second-order valence-corrected chi connectivity index (χ2v) is 5.39. The molecule has 0 radical (unpaired) electrons. The Morgan fingerprint density at radius 1 is 1.24 bits per heavy atom. The average Bonchev–Trinajstić information content (AvgIpc) is 2.32. The SMILES string of the molecule is OC1(CSc2ccc(F)c(F)c2)CCNCC1. The zero-order valence-electron chi connectivity index (χ0n) is 9.38. The normalized spacial score (nSPS) is 19.2. The lowest BCUT2D eigenvalue weighted by Gasteiger charge is -2.32. The van der Waals surface area contributed by atoms with Gasteiger partial charge in [0.05, 0.1) is 5.60 Å². The summed E-state index contributed by atoms with van der Waals surface area (Å²) in [6.07, 6.45) is 1.40. The number of halogens is 2. The van der Waals surface area contributed by atoms with E-state index in [4.69, 9.17) is 0 Å². The lowest BCUT2D eigenvalue weighted by Crippen LogP contribution is -2.43. The van der Waals surface area contributed by atoms with Gasteiger partial charge in [-0.3, -0.25) is 0 Å². The molecule has 0 atom stereocenters. The van der Waals surface area contributed by atoms with Crippen LogP contribution < -0.4 is 5.32 Å². The Balaban J connectivity index is 1.94. The highest BCUT2D eigenvalue weighted by atomic mass is 32.2. The number of piperidine rings is 1. The van der Waals surface area contributed by atoms with Crippen LogP contribution in [0.25, 0.3) is 0 Å². The largest absolute Gasteiger partial charge is 0.389 e. The van der Waals surface area contributed by atoms with Gasteiger partial charge in [0.15, 0.2) is 11.6 Å². The number of aliphatic hydroxyl groups is 1. The first-order valence-electron chi connectivity index (χ1n) is 5.60. The molecule has 1 aliphatic rings. The van der Waals surface area contributed by atoms with Gasteiger partial charge in [-0.1, -0.05) is 0 Å². The van der Waals surface area contributed by atoms with Crippen LogP contribution in [0.5, 0.6) is 0 Å². The van der Waals surface area contributed by atoms with Crippen LogP contribution in [-0.4, -0.2) is 29.5 Å². The molecule has 0 spiro atoms. The van der Waals surface area contributed by atoms with Gasteiger partial charge >= 0.3 is 0 Å². The van der Waals surface area contributed by atoms with Crippen molar-refractivity contribution in [1.29, 1.82) is 0 Å². The third-order valence-electron chi connectivity index (χ3n) is 2.93. The molecular weight excluding hydrogens is 244 g/mol. The molecule has 1 saturated heterocycles. The van der Waals surface area contributed by atoms with Crippen molar-refractivity contribution in [1.82, 2.24) is 5.32 Å². The highest BCUT2D eigenvalue weighted by Gasteiger charge is 2.29. The van der Waals surface area contributed by atoms with E-state index in [-0.39, 0.29) is 0 Å². The minimum absolute atomic E-state index is 0.514. The summed E-state index contributed by atoms with van der Waals surface area (Å²) in [7, 11) is 0. The first kappa shape index (κ1) is 12.8. The third kappa shape index (κ3) is 3.40. The summed E-state index contributed by atoms with van der Waals surface area (Å²) in [4.78, 5) is 0.649. The molecule has 17 heavy (non-hydrogen) atoms. The Labute approximate surface area is 103 Å². The van der Waals surface area contributed by atoms with Crippen molar-refractivity contribution in [3.05, 3.63) is 29.8 Å². The predicted octanol–water partition coefficient (Wildman–Crippen LogP) is 2.17. The molecule has 0 bridgehead atoms. The van der Waals surface area contributed by atoms with Gasteiger partial charge in [0.1, 0.15) is 0 Å². The van der Waals surface area contributed by atoms with Crippen LogP contribution in [0.15, 0.2) is 23.1 Å². The molecule has 1 aliphatic heterocycles. The molecule has 94 valence electrons. The second-order valence-electron chi connectivity index (χ2n) is 4.34. The fraction of sp³-hybridized carbons (Fsp3) is 0.500. The minimum Gasteiger partial charge on any atom is -0.389 e. The van der Waals surface area contributed by atoms with Crippen molar-refractivity contribution in [2.75, 3.05) is 18.8 Å². The number of hydrogen-bond acceptors (Lipinski definition) is 3. The van der Waals surface area contributed by atoms with Gasteiger partial charge in [0.25, 0.3) is 0 Å². The number of benzene rings is 1. The molecule has 1 aromatic carbocycles. The minimum atomic E-state index is -0.840. The highest BCUT2D eigenvalue weighted by Crippen LogP contribution is 2.28. The fourth-order valence-electron chi connectivity index (χ4n) is 1.82. The van der Waals surface area contributed by atoms with Crippen LogP contribution in [0.3, 0.4) is 0 Å². The Morgan fingerprint density at radius 3 is 2.59 bits per heavy atom. The molecule has 2 rings (SSSR count). The molecule has 1 aromatic rings. The number of nitrogens with one attached hydrogen (secondary N) is 1. The summed E-state index contributed by atoms with van der Waals surface area (Å²) in [6, 6.07) is 3.82. The van der Waals surface area contributed by atoms with Crippen LogP contribution in [-0.2, 0) is 0 Å². The summed E-state index contributed by atoms with van der Waals surface area (Å²) in [5.74, 6) is -1.16. The van der Waals surface area contributed by atoms with E-state index in [1.165, 1.54) is 23.9 Å². The van der Waals surface area contributed by atoms with Crippen molar-refractivity contribution in [3.8, 4) is 0 Å². The van der Waals surface area contributed by atoms with Crippen LogP contribution in [0.2, 0.25) is 0 Å². The smallest absolute Gasteiger partial charge is 0.159 e. The number of thioether (sulfide) groups is 1. The van der Waals surface area contributed by atoms with Gasteiger partial charge in [0.2, 0.25) is 0 Å². The molecule has 0 amide bonds. The quantitative estimate of drug-likeness (QED) is 0.816. The average molecular weight is 259 g/mol. The molecule has 0 aliphatic carbocycles. The summed E-state index contributed by atoms with van der Waals surface area (Å²) in [5, 5.41) is 13.4. The van der Waals surface area contributed by atoms with Crippen molar-refractivity contribution in [2.24, 2.45) is 0 Å². The van der Waals surface area contributed by atoms with Gasteiger partial charge < -0.3 is 10.4 Å². The Bertz CT molecular complexity index is 394.